The van der Waals surface area contributed by atoms with E-state index in [9.17, 15) is 5.26 Å². The average molecular weight is 739 g/mol. The Kier molecular flexibility index (Phi) is 8.87. The molecule has 0 aliphatic carbocycles. The molecule has 1 heterocycles. The van der Waals surface area contributed by atoms with E-state index < -0.39 is 0 Å². The Bertz CT molecular complexity index is 3070. The number of nitrogens with zero attached hydrogens (tertiary/aromatic N) is 4. The van der Waals surface area contributed by atoms with Crippen molar-refractivity contribution in [3.63, 3.8) is 0 Å². The van der Waals surface area contributed by atoms with E-state index in [1.54, 1.807) is 0 Å². The fraction of sp³-hybridized carbons (Fsp3) is 0. The van der Waals surface area contributed by atoms with Gasteiger partial charge in [-0.25, -0.2) is 15.0 Å². The minimum absolute atomic E-state index is 0.624. The number of aromatic nitrogens is 3. The van der Waals surface area contributed by atoms with Crippen LogP contribution in [-0.2, 0) is 0 Å². The van der Waals surface area contributed by atoms with E-state index in [0.717, 1.165) is 50.1 Å². The predicted molar refractivity (Wildman–Crippen MR) is 238 cm³/mol. The number of fused-ring (bicyclic) bond motifs is 2. The topological polar surface area (TPSA) is 62.5 Å². The lowest BCUT2D eigenvalue weighted by atomic mass is 9.84. The van der Waals surface area contributed by atoms with Gasteiger partial charge in [0.15, 0.2) is 17.5 Å². The second kappa shape index (κ2) is 14.9. The second-order valence-electron chi connectivity index (χ2n) is 14.3. The molecule has 0 aliphatic rings. The molecule has 0 amide bonds. The van der Waals surface area contributed by atoms with Crippen molar-refractivity contribution in [1.82, 2.24) is 15.0 Å². The molecule has 0 saturated heterocycles. The molecule has 4 nitrogen and oxygen atoms in total. The lowest BCUT2D eigenvalue weighted by molar-refractivity contribution is 1.07. The van der Waals surface area contributed by atoms with Gasteiger partial charge in [0, 0.05) is 16.7 Å². The highest BCUT2D eigenvalue weighted by molar-refractivity contribution is 6.10. The van der Waals surface area contributed by atoms with Crippen LogP contribution in [0, 0.1) is 11.3 Å². The van der Waals surface area contributed by atoms with E-state index in [2.05, 4.69) is 127 Å². The van der Waals surface area contributed by atoms with E-state index >= 15 is 0 Å². The monoisotopic (exact) mass is 738 g/mol. The van der Waals surface area contributed by atoms with Gasteiger partial charge in [-0.3, -0.25) is 0 Å². The van der Waals surface area contributed by atoms with Crippen molar-refractivity contribution in [3.8, 4) is 84.7 Å². The van der Waals surface area contributed by atoms with E-state index in [1.807, 2.05) is 84.9 Å². The summed E-state index contributed by atoms with van der Waals surface area (Å²) >= 11 is 0. The Morgan fingerprint density at radius 1 is 0.293 bits per heavy atom. The highest BCUT2D eigenvalue weighted by Gasteiger charge is 2.19. The van der Waals surface area contributed by atoms with Gasteiger partial charge in [-0.2, -0.15) is 5.26 Å². The number of hydrogen-bond acceptors (Lipinski definition) is 4. The molecule has 0 radical (unpaired) electrons. The summed E-state index contributed by atoms with van der Waals surface area (Å²) in [5, 5.41) is 14.1. The highest BCUT2D eigenvalue weighted by Crippen LogP contribution is 2.45. The van der Waals surface area contributed by atoms with Gasteiger partial charge in [0.2, 0.25) is 0 Å². The number of hydrogen-bond donors (Lipinski definition) is 0. The SMILES string of the molecule is N#Cc1ccc(-c2ccc(-c3c(-c4ccc5ccccc5c4-c4ccc(-c5nc(-c6ccccc6)nc(-c6ccccc6)n5)cc4)ccc4ccccc34)cc2)cc1. The van der Waals surface area contributed by atoms with Gasteiger partial charge in [-0.15, -0.1) is 0 Å². The van der Waals surface area contributed by atoms with Crippen LogP contribution in [-0.4, -0.2) is 15.0 Å². The van der Waals surface area contributed by atoms with E-state index in [0.29, 0.717) is 23.0 Å². The molecule has 0 bridgehead atoms. The smallest absolute Gasteiger partial charge is 0.164 e. The summed E-state index contributed by atoms with van der Waals surface area (Å²) in [7, 11) is 0. The van der Waals surface area contributed by atoms with Gasteiger partial charge >= 0.3 is 0 Å². The van der Waals surface area contributed by atoms with Gasteiger partial charge in [0.05, 0.1) is 11.6 Å². The minimum Gasteiger partial charge on any atom is -0.208 e. The molecule has 0 saturated carbocycles. The summed E-state index contributed by atoms with van der Waals surface area (Å²) in [6.45, 7) is 0. The maximum atomic E-state index is 9.31. The summed E-state index contributed by atoms with van der Waals surface area (Å²) < 4.78 is 0. The number of benzene rings is 9. The molecule has 0 atom stereocenters. The van der Waals surface area contributed by atoms with Crippen LogP contribution in [0.1, 0.15) is 5.56 Å². The Morgan fingerprint density at radius 3 is 1.07 bits per heavy atom. The summed E-state index contributed by atoms with van der Waals surface area (Å²) in [5.74, 6) is 1.90. The third kappa shape index (κ3) is 6.47. The second-order valence-corrected chi connectivity index (χ2v) is 14.3. The Morgan fingerprint density at radius 2 is 0.638 bits per heavy atom. The van der Waals surface area contributed by atoms with E-state index in [-0.39, 0.29) is 0 Å². The fourth-order valence-electron chi connectivity index (χ4n) is 7.90. The maximum absolute atomic E-state index is 9.31. The van der Waals surface area contributed by atoms with E-state index in [4.69, 9.17) is 15.0 Å². The normalized spacial score (nSPS) is 11.1. The van der Waals surface area contributed by atoms with Crippen molar-refractivity contribution < 1.29 is 0 Å². The lowest BCUT2D eigenvalue weighted by Crippen LogP contribution is -2.00. The van der Waals surface area contributed by atoms with Crippen LogP contribution in [0.25, 0.3) is 100 Å². The first-order valence-corrected chi connectivity index (χ1v) is 19.3. The van der Waals surface area contributed by atoms with Gasteiger partial charge in [-0.1, -0.05) is 194 Å². The van der Waals surface area contributed by atoms with Gasteiger partial charge in [0.1, 0.15) is 0 Å². The van der Waals surface area contributed by atoms with Crippen LogP contribution in [0.3, 0.4) is 0 Å². The van der Waals surface area contributed by atoms with Crippen molar-refractivity contribution in [3.05, 3.63) is 212 Å². The molecule has 0 unspecified atom stereocenters. The summed E-state index contributed by atoms with van der Waals surface area (Å²) in [6, 6.07) is 73.8. The van der Waals surface area contributed by atoms with Crippen molar-refractivity contribution >= 4 is 21.5 Å². The van der Waals surface area contributed by atoms with Crippen LogP contribution in [0.5, 0.6) is 0 Å². The molecule has 58 heavy (non-hydrogen) atoms. The molecule has 0 aliphatic heterocycles. The van der Waals surface area contributed by atoms with Crippen molar-refractivity contribution in [2.45, 2.75) is 0 Å². The molecule has 4 heteroatoms. The van der Waals surface area contributed by atoms with Crippen molar-refractivity contribution in [2.24, 2.45) is 0 Å². The van der Waals surface area contributed by atoms with Gasteiger partial charge in [0.25, 0.3) is 0 Å². The quantitative estimate of drug-likeness (QED) is 0.163. The zero-order valence-electron chi connectivity index (χ0n) is 31.4. The first-order valence-electron chi connectivity index (χ1n) is 19.3. The van der Waals surface area contributed by atoms with E-state index in [1.165, 1.54) is 32.7 Å². The molecule has 0 N–H and O–H groups in total. The predicted octanol–water partition coefficient (Wildman–Crippen LogP) is 13.7. The van der Waals surface area contributed by atoms with Gasteiger partial charge in [-0.05, 0) is 78.2 Å². The molecule has 9 aromatic carbocycles. The zero-order chi connectivity index (χ0) is 38.8. The summed E-state index contributed by atoms with van der Waals surface area (Å²) in [4.78, 5) is 14.9. The molecule has 270 valence electrons. The van der Waals surface area contributed by atoms with Gasteiger partial charge < -0.3 is 0 Å². The third-order valence-corrected chi connectivity index (χ3v) is 10.8. The summed E-state index contributed by atoms with van der Waals surface area (Å²) in [5.41, 5.74) is 12.5. The molecular formula is C54H34N4. The average Bonchev–Trinajstić information content (AvgIpc) is 3.31. The van der Waals surface area contributed by atoms with Crippen LogP contribution < -0.4 is 0 Å². The van der Waals surface area contributed by atoms with Crippen LogP contribution >= 0.6 is 0 Å². The highest BCUT2D eigenvalue weighted by atomic mass is 15.0. The molecule has 1 aromatic heterocycles. The number of rotatable bonds is 7. The Balaban J connectivity index is 1.12. The first kappa shape index (κ1) is 34.5. The standard InChI is InChI=1S/C54H34N4/c55-35-36-19-21-37(22-20-36)38-23-25-41(26-24-38)50-46-17-9-7-11-39(46)31-33-48(50)49-34-32-40-12-8-10-18-47(40)51(49)42-27-29-45(30-28-42)54-57-52(43-13-3-1-4-14-43)56-53(58-54)44-15-5-2-6-16-44/h1-34H. The third-order valence-electron chi connectivity index (χ3n) is 10.8. The molecule has 10 aromatic rings. The van der Waals surface area contributed by atoms with Crippen molar-refractivity contribution in [1.29, 1.82) is 5.26 Å². The van der Waals surface area contributed by atoms with Crippen molar-refractivity contribution in [2.75, 3.05) is 0 Å². The number of nitriles is 1. The zero-order valence-corrected chi connectivity index (χ0v) is 31.4. The van der Waals surface area contributed by atoms with Crippen LogP contribution in [0.15, 0.2) is 206 Å². The molecule has 0 fully saturated rings. The Labute approximate surface area is 337 Å². The van der Waals surface area contributed by atoms with Crippen LogP contribution in [0.2, 0.25) is 0 Å². The minimum atomic E-state index is 0.624. The fourth-order valence-corrected chi connectivity index (χ4v) is 7.90. The Hall–Kier alpha value is -8.00. The molecule has 10 rings (SSSR count). The molecule has 0 spiro atoms. The largest absolute Gasteiger partial charge is 0.208 e. The lowest BCUT2D eigenvalue weighted by Gasteiger charge is -2.19. The molecular weight excluding hydrogens is 705 g/mol. The maximum Gasteiger partial charge on any atom is 0.164 e. The summed E-state index contributed by atoms with van der Waals surface area (Å²) in [6.07, 6.45) is 0. The first-order chi connectivity index (χ1) is 28.7. The van der Waals surface area contributed by atoms with Crippen LogP contribution in [0.4, 0.5) is 0 Å².